The van der Waals surface area contributed by atoms with Crippen LogP contribution in [-0.4, -0.2) is 25.2 Å². The molecule has 0 saturated carbocycles. The van der Waals surface area contributed by atoms with Gasteiger partial charge in [0.1, 0.15) is 0 Å². The van der Waals surface area contributed by atoms with E-state index in [1.54, 1.807) is 0 Å². The summed E-state index contributed by atoms with van der Waals surface area (Å²) in [5, 5.41) is 0. The minimum Gasteiger partial charge on any atom is -0.466 e. The second-order valence-corrected chi connectivity index (χ2v) is 8.63. The lowest BCUT2D eigenvalue weighted by molar-refractivity contribution is -0.154. The lowest BCUT2D eigenvalue weighted by Crippen LogP contribution is -2.26. The molecule has 0 saturated heterocycles. The van der Waals surface area contributed by atoms with E-state index >= 15 is 0 Å². The van der Waals surface area contributed by atoms with E-state index in [0.29, 0.717) is 19.6 Å². The van der Waals surface area contributed by atoms with Gasteiger partial charge in [0, 0.05) is 6.42 Å². The van der Waals surface area contributed by atoms with Crippen molar-refractivity contribution in [2.24, 2.45) is 5.41 Å². The molecule has 0 bridgehead atoms. The molecule has 0 aromatic heterocycles. The molecule has 0 rings (SSSR count). The number of hydrogen-bond donors (Lipinski definition) is 0. The summed E-state index contributed by atoms with van der Waals surface area (Å²) in [5.74, 6) is -0.0877. The molecular formula is C24H46O4. The second kappa shape index (κ2) is 18.0. The van der Waals surface area contributed by atoms with Crippen molar-refractivity contribution in [2.75, 3.05) is 13.2 Å². The Morgan fingerprint density at radius 2 is 1.07 bits per heavy atom. The molecule has 0 aromatic carbocycles. The summed E-state index contributed by atoms with van der Waals surface area (Å²) in [4.78, 5) is 23.4. The van der Waals surface area contributed by atoms with Crippen LogP contribution >= 0.6 is 0 Å². The highest BCUT2D eigenvalue weighted by Crippen LogP contribution is 2.26. The van der Waals surface area contributed by atoms with Crippen LogP contribution in [0.4, 0.5) is 0 Å². The topological polar surface area (TPSA) is 52.6 Å². The summed E-state index contributed by atoms with van der Waals surface area (Å²) >= 11 is 0. The fourth-order valence-corrected chi connectivity index (χ4v) is 3.21. The van der Waals surface area contributed by atoms with E-state index in [0.717, 1.165) is 38.5 Å². The van der Waals surface area contributed by atoms with Gasteiger partial charge < -0.3 is 9.47 Å². The first-order chi connectivity index (χ1) is 13.4. The van der Waals surface area contributed by atoms with Crippen molar-refractivity contribution in [3.63, 3.8) is 0 Å². The minimum absolute atomic E-state index is 0.0388. The number of carbonyl (C=O) groups is 2. The molecule has 0 N–H and O–H groups in total. The molecule has 0 amide bonds. The van der Waals surface area contributed by atoms with Crippen molar-refractivity contribution < 1.29 is 19.1 Å². The summed E-state index contributed by atoms with van der Waals surface area (Å²) in [5.41, 5.74) is -0.345. The summed E-state index contributed by atoms with van der Waals surface area (Å²) < 4.78 is 10.4. The Labute approximate surface area is 174 Å². The zero-order valence-corrected chi connectivity index (χ0v) is 19.2. The molecule has 0 aromatic rings. The quantitative estimate of drug-likeness (QED) is 0.174. The Bertz CT molecular complexity index is 390. The molecule has 0 radical (unpaired) electrons. The molecule has 0 aliphatic rings. The van der Waals surface area contributed by atoms with Gasteiger partial charge in [-0.2, -0.15) is 0 Å². The van der Waals surface area contributed by atoms with Gasteiger partial charge in [-0.05, 0) is 39.5 Å². The second-order valence-electron chi connectivity index (χ2n) is 8.63. The van der Waals surface area contributed by atoms with Gasteiger partial charge in [-0.25, -0.2) is 0 Å². The molecule has 28 heavy (non-hydrogen) atoms. The van der Waals surface area contributed by atoms with E-state index in [1.165, 1.54) is 51.4 Å². The summed E-state index contributed by atoms with van der Waals surface area (Å²) in [7, 11) is 0. The minimum atomic E-state index is -0.345. The number of hydrogen-bond acceptors (Lipinski definition) is 4. The first-order valence-electron chi connectivity index (χ1n) is 11.8. The van der Waals surface area contributed by atoms with Gasteiger partial charge in [0.05, 0.1) is 18.6 Å². The molecule has 0 fully saturated rings. The molecular weight excluding hydrogens is 352 g/mol. The highest BCUT2D eigenvalue weighted by Gasteiger charge is 2.28. The van der Waals surface area contributed by atoms with Crippen molar-refractivity contribution in [1.82, 2.24) is 0 Å². The van der Waals surface area contributed by atoms with Crippen LogP contribution < -0.4 is 0 Å². The van der Waals surface area contributed by atoms with Gasteiger partial charge in [-0.3, -0.25) is 9.59 Å². The average Bonchev–Trinajstić information content (AvgIpc) is 2.67. The van der Waals surface area contributed by atoms with Crippen molar-refractivity contribution in [3.8, 4) is 0 Å². The largest absolute Gasteiger partial charge is 0.466 e. The van der Waals surface area contributed by atoms with Gasteiger partial charge in [0.25, 0.3) is 0 Å². The van der Waals surface area contributed by atoms with Crippen LogP contribution in [0.5, 0.6) is 0 Å². The highest BCUT2D eigenvalue weighted by atomic mass is 16.5. The molecule has 166 valence electrons. The smallest absolute Gasteiger partial charge is 0.311 e. The van der Waals surface area contributed by atoms with Crippen molar-refractivity contribution in [2.45, 2.75) is 124 Å². The Morgan fingerprint density at radius 3 is 1.57 bits per heavy atom. The average molecular weight is 399 g/mol. The number of carbonyl (C=O) groups excluding carboxylic acids is 2. The van der Waals surface area contributed by atoms with E-state index in [9.17, 15) is 9.59 Å². The van der Waals surface area contributed by atoms with Crippen LogP contribution in [0.2, 0.25) is 0 Å². The maximum atomic E-state index is 12.0. The maximum absolute atomic E-state index is 12.0. The first-order valence-corrected chi connectivity index (χ1v) is 11.8. The van der Waals surface area contributed by atoms with Gasteiger partial charge in [-0.15, -0.1) is 0 Å². The standard InChI is InChI=1S/C24H46O4/c1-5-20-27-22(25)18-16-14-12-10-8-7-9-11-13-15-17-19-24(3,4)23(26)28-21-6-2/h5-21H2,1-4H3. The number of rotatable bonds is 19. The number of ether oxygens (including phenoxy) is 2. The summed E-state index contributed by atoms with van der Waals surface area (Å²) in [6.07, 6.45) is 16.7. The van der Waals surface area contributed by atoms with E-state index < -0.39 is 0 Å². The Hall–Kier alpha value is -1.06. The number of esters is 2. The monoisotopic (exact) mass is 398 g/mol. The predicted molar refractivity (Wildman–Crippen MR) is 116 cm³/mol. The van der Waals surface area contributed by atoms with Gasteiger partial charge >= 0.3 is 11.9 Å². The Kier molecular flexibility index (Phi) is 17.3. The van der Waals surface area contributed by atoms with Crippen LogP contribution in [0.1, 0.15) is 124 Å². The number of unbranched alkanes of at least 4 members (excludes halogenated alkanes) is 10. The maximum Gasteiger partial charge on any atom is 0.311 e. The Balaban J connectivity index is 3.37. The summed E-state index contributed by atoms with van der Waals surface area (Å²) in [6, 6.07) is 0. The molecule has 0 unspecified atom stereocenters. The third-order valence-electron chi connectivity index (χ3n) is 5.14. The molecule has 0 aliphatic heterocycles. The molecule has 0 spiro atoms. The zero-order valence-electron chi connectivity index (χ0n) is 19.2. The molecule has 0 atom stereocenters. The van der Waals surface area contributed by atoms with Gasteiger partial charge in [0.15, 0.2) is 0 Å². The lowest BCUT2D eigenvalue weighted by Gasteiger charge is -2.22. The van der Waals surface area contributed by atoms with E-state index in [2.05, 4.69) is 0 Å². The first kappa shape index (κ1) is 26.9. The molecule has 0 heterocycles. The molecule has 4 nitrogen and oxygen atoms in total. The molecule has 4 heteroatoms. The Morgan fingerprint density at radius 1 is 0.643 bits per heavy atom. The third-order valence-corrected chi connectivity index (χ3v) is 5.14. The van der Waals surface area contributed by atoms with Crippen LogP contribution in [0.25, 0.3) is 0 Å². The van der Waals surface area contributed by atoms with E-state index in [4.69, 9.17) is 9.47 Å². The van der Waals surface area contributed by atoms with Crippen LogP contribution in [-0.2, 0) is 19.1 Å². The third kappa shape index (κ3) is 15.9. The van der Waals surface area contributed by atoms with Gasteiger partial charge in [0.2, 0.25) is 0 Å². The molecule has 0 aliphatic carbocycles. The fourth-order valence-electron chi connectivity index (χ4n) is 3.21. The van der Waals surface area contributed by atoms with Crippen LogP contribution in [0.15, 0.2) is 0 Å². The van der Waals surface area contributed by atoms with Gasteiger partial charge in [-0.1, -0.05) is 78.1 Å². The van der Waals surface area contributed by atoms with Crippen molar-refractivity contribution in [3.05, 3.63) is 0 Å². The van der Waals surface area contributed by atoms with E-state index in [1.807, 2.05) is 27.7 Å². The lowest BCUT2D eigenvalue weighted by atomic mass is 9.87. The van der Waals surface area contributed by atoms with Crippen LogP contribution in [0.3, 0.4) is 0 Å². The highest BCUT2D eigenvalue weighted by molar-refractivity contribution is 5.75. The normalized spacial score (nSPS) is 11.4. The van der Waals surface area contributed by atoms with Crippen molar-refractivity contribution in [1.29, 1.82) is 0 Å². The van der Waals surface area contributed by atoms with Crippen LogP contribution in [0, 0.1) is 5.41 Å². The zero-order chi connectivity index (χ0) is 21.1. The predicted octanol–water partition coefficient (Wildman–Crippen LogP) is 6.99. The summed E-state index contributed by atoms with van der Waals surface area (Å²) in [6.45, 7) is 9.13. The fraction of sp³-hybridized carbons (Fsp3) is 0.917. The van der Waals surface area contributed by atoms with Crippen molar-refractivity contribution >= 4 is 11.9 Å². The van der Waals surface area contributed by atoms with E-state index in [-0.39, 0.29) is 17.4 Å². The SMILES string of the molecule is CCCOC(=O)CCCCCCCCCCCCCC(C)(C)C(=O)OCCC.